The number of hydrogen-bond donors (Lipinski definition) is 1. The number of nitrogens with one attached hydrogen (secondary N) is 1. The molecular formula is C14H28N2O. The van der Waals surface area contributed by atoms with Crippen LogP contribution in [0.1, 0.15) is 46.5 Å². The molecule has 0 aliphatic carbocycles. The van der Waals surface area contributed by atoms with Crippen LogP contribution in [0.15, 0.2) is 0 Å². The van der Waals surface area contributed by atoms with Gasteiger partial charge in [-0.25, -0.2) is 0 Å². The summed E-state index contributed by atoms with van der Waals surface area (Å²) in [7, 11) is 0. The van der Waals surface area contributed by atoms with Gasteiger partial charge in [-0.1, -0.05) is 33.6 Å². The third kappa shape index (κ3) is 4.66. The molecule has 1 atom stereocenters. The molecule has 0 aromatic carbocycles. The quantitative estimate of drug-likeness (QED) is 0.772. The molecule has 100 valence electrons. The Hall–Kier alpha value is -0.570. The van der Waals surface area contributed by atoms with Crippen molar-refractivity contribution >= 4 is 5.91 Å². The van der Waals surface area contributed by atoms with E-state index in [2.05, 4.69) is 24.1 Å². The summed E-state index contributed by atoms with van der Waals surface area (Å²) in [4.78, 5) is 14.2. The maximum absolute atomic E-state index is 12.2. The summed E-state index contributed by atoms with van der Waals surface area (Å²) in [5.41, 5.74) is 0. The number of hydrogen-bond acceptors (Lipinski definition) is 2. The van der Waals surface area contributed by atoms with E-state index in [-0.39, 0.29) is 5.92 Å². The second-order valence-corrected chi connectivity index (χ2v) is 5.27. The minimum Gasteiger partial charge on any atom is -0.342 e. The summed E-state index contributed by atoms with van der Waals surface area (Å²) in [6, 6.07) is 0. The molecule has 1 saturated heterocycles. The molecule has 1 unspecified atom stereocenters. The van der Waals surface area contributed by atoms with Gasteiger partial charge >= 0.3 is 0 Å². The molecule has 0 bridgehead atoms. The van der Waals surface area contributed by atoms with Gasteiger partial charge < -0.3 is 10.2 Å². The molecule has 1 heterocycles. The second kappa shape index (κ2) is 7.70. The summed E-state index contributed by atoms with van der Waals surface area (Å²) in [6.07, 6.45) is 5.01. The van der Waals surface area contributed by atoms with Crippen molar-refractivity contribution in [3.63, 3.8) is 0 Å². The van der Waals surface area contributed by atoms with Crippen molar-refractivity contribution < 1.29 is 4.79 Å². The van der Waals surface area contributed by atoms with Crippen LogP contribution in [0.2, 0.25) is 0 Å². The maximum Gasteiger partial charge on any atom is 0.226 e. The number of carbonyl (C=O) groups excluding carboxylic acids is 1. The standard InChI is InChI=1S/C14H28N2O/c1-4-6-13-7-9-16(10-8-13)14(17)12(3)11-15-5-2/h12-13,15H,4-11H2,1-3H3. The van der Waals surface area contributed by atoms with Crippen LogP contribution >= 0.6 is 0 Å². The van der Waals surface area contributed by atoms with Gasteiger partial charge in [0.05, 0.1) is 0 Å². The Morgan fingerprint density at radius 3 is 2.53 bits per heavy atom. The van der Waals surface area contributed by atoms with Crippen LogP contribution in [0.25, 0.3) is 0 Å². The molecule has 0 aromatic heterocycles. The number of piperidine rings is 1. The van der Waals surface area contributed by atoms with Gasteiger partial charge in [0.15, 0.2) is 0 Å². The van der Waals surface area contributed by atoms with E-state index in [1.165, 1.54) is 25.7 Å². The van der Waals surface area contributed by atoms with Crippen molar-refractivity contribution in [2.45, 2.75) is 46.5 Å². The minimum absolute atomic E-state index is 0.123. The van der Waals surface area contributed by atoms with E-state index in [1.807, 2.05) is 6.92 Å². The molecule has 17 heavy (non-hydrogen) atoms. The number of carbonyl (C=O) groups is 1. The van der Waals surface area contributed by atoms with Gasteiger partial charge in [-0.05, 0) is 25.3 Å². The van der Waals surface area contributed by atoms with Gasteiger partial charge in [-0.15, -0.1) is 0 Å². The summed E-state index contributed by atoms with van der Waals surface area (Å²) >= 11 is 0. The van der Waals surface area contributed by atoms with Gasteiger partial charge in [-0.3, -0.25) is 4.79 Å². The smallest absolute Gasteiger partial charge is 0.226 e. The molecule has 3 heteroatoms. The van der Waals surface area contributed by atoms with E-state index in [0.717, 1.165) is 32.1 Å². The van der Waals surface area contributed by atoms with Gasteiger partial charge in [0.1, 0.15) is 0 Å². The molecule has 1 fully saturated rings. The van der Waals surface area contributed by atoms with E-state index in [9.17, 15) is 4.79 Å². The molecular weight excluding hydrogens is 212 g/mol. The summed E-state index contributed by atoms with van der Waals surface area (Å²) in [5.74, 6) is 1.31. The van der Waals surface area contributed by atoms with Crippen molar-refractivity contribution in [1.82, 2.24) is 10.2 Å². The number of amides is 1. The zero-order valence-corrected chi connectivity index (χ0v) is 11.7. The van der Waals surface area contributed by atoms with E-state index >= 15 is 0 Å². The lowest BCUT2D eigenvalue weighted by atomic mass is 9.92. The number of likely N-dealkylation sites (tertiary alicyclic amines) is 1. The molecule has 3 nitrogen and oxygen atoms in total. The average Bonchev–Trinajstić information content (AvgIpc) is 2.36. The highest BCUT2D eigenvalue weighted by Crippen LogP contribution is 2.22. The SMILES string of the molecule is CCCC1CCN(C(=O)C(C)CNCC)CC1. The third-order valence-corrected chi connectivity index (χ3v) is 3.75. The van der Waals surface area contributed by atoms with E-state index in [4.69, 9.17) is 0 Å². The lowest BCUT2D eigenvalue weighted by Gasteiger charge is -2.33. The van der Waals surface area contributed by atoms with Gasteiger partial charge in [0.25, 0.3) is 0 Å². The van der Waals surface area contributed by atoms with Crippen LogP contribution in [0.4, 0.5) is 0 Å². The molecule has 0 aromatic rings. The van der Waals surface area contributed by atoms with Crippen molar-refractivity contribution in [2.24, 2.45) is 11.8 Å². The molecule has 0 radical (unpaired) electrons. The van der Waals surface area contributed by atoms with Gasteiger partial charge in [-0.2, -0.15) is 0 Å². The monoisotopic (exact) mass is 240 g/mol. The largest absolute Gasteiger partial charge is 0.342 e. The fraction of sp³-hybridized carbons (Fsp3) is 0.929. The molecule has 0 saturated carbocycles. The minimum atomic E-state index is 0.123. The molecule has 1 N–H and O–H groups in total. The molecule has 1 aliphatic heterocycles. The Labute approximate surface area is 106 Å². The van der Waals surface area contributed by atoms with Crippen LogP contribution in [0.5, 0.6) is 0 Å². The Balaban J connectivity index is 2.30. The highest BCUT2D eigenvalue weighted by molar-refractivity contribution is 5.78. The number of rotatable bonds is 6. The summed E-state index contributed by atoms with van der Waals surface area (Å²) < 4.78 is 0. The zero-order chi connectivity index (χ0) is 12.7. The van der Waals surface area contributed by atoms with E-state index < -0.39 is 0 Å². The molecule has 1 rings (SSSR count). The predicted molar refractivity (Wildman–Crippen MR) is 71.9 cm³/mol. The first-order valence-corrected chi connectivity index (χ1v) is 7.18. The first kappa shape index (κ1) is 14.5. The normalized spacial score (nSPS) is 19.4. The Morgan fingerprint density at radius 2 is 2.00 bits per heavy atom. The Morgan fingerprint density at radius 1 is 1.35 bits per heavy atom. The first-order valence-electron chi connectivity index (χ1n) is 7.18. The highest BCUT2D eigenvalue weighted by atomic mass is 16.2. The predicted octanol–water partition coefficient (Wildman–Crippen LogP) is 2.27. The van der Waals surface area contributed by atoms with Crippen LogP contribution in [0, 0.1) is 11.8 Å². The number of nitrogens with zero attached hydrogens (tertiary/aromatic N) is 1. The molecule has 1 amide bonds. The van der Waals surface area contributed by atoms with Crippen molar-refractivity contribution in [3.8, 4) is 0 Å². The van der Waals surface area contributed by atoms with E-state index in [1.54, 1.807) is 0 Å². The Kier molecular flexibility index (Phi) is 6.56. The third-order valence-electron chi connectivity index (χ3n) is 3.75. The van der Waals surface area contributed by atoms with E-state index in [0.29, 0.717) is 5.91 Å². The lowest BCUT2D eigenvalue weighted by Crippen LogP contribution is -2.43. The lowest BCUT2D eigenvalue weighted by molar-refractivity contribution is -0.136. The van der Waals surface area contributed by atoms with Crippen LogP contribution in [-0.4, -0.2) is 37.0 Å². The topological polar surface area (TPSA) is 32.3 Å². The summed E-state index contributed by atoms with van der Waals surface area (Å²) in [6.45, 7) is 10.0. The highest BCUT2D eigenvalue weighted by Gasteiger charge is 2.25. The maximum atomic E-state index is 12.2. The van der Waals surface area contributed by atoms with Crippen molar-refractivity contribution in [2.75, 3.05) is 26.2 Å². The van der Waals surface area contributed by atoms with Crippen LogP contribution in [-0.2, 0) is 4.79 Å². The fourth-order valence-electron chi connectivity index (χ4n) is 2.61. The zero-order valence-electron chi connectivity index (χ0n) is 11.7. The Bertz CT molecular complexity index is 222. The van der Waals surface area contributed by atoms with Gasteiger partial charge in [0.2, 0.25) is 5.91 Å². The first-order chi connectivity index (χ1) is 8.19. The van der Waals surface area contributed by atoms with Crippen molar-refractivity contribution in [1.29, 1.82) is 0 Å². The van der Waals surface area contributed by atoms with Crippen LogP contribution < -0.4 is 5.32 Å². The van der Waals surface area contributed by atoms with Crippen LogP contribution in [0.3, 0.4) is 0 Å². The van der Waals surface area contributed by atoms with Gasteiger partial charge in [0, 0.05) is 25.6 Å². The molecule has 1 aliphatic rings. The second-order valence-electron chi connectivity index (χ2n) is 5.27. The fourth-order valence-corrected chi connectivity index (χ4v) is 2.61. The average molecular weight is 240 g/mol. The molecule has 0 spiro atoms. The summed E-state index contributed by atoms with van der Waals surface area (Å²) in [5, 5.41) is 3.25. The van der Waals surface area contributed by atoms with Crippen molar-refractivity contribution in [3.05, 3.63) is 0 Å².